The first kappa shape index (κ1) is 11.7. The van der Waals surface area contributed by atoms with Crippen molar-refractivity contribution in [1.82, 2.24) is 0 Å². The Bertz CT molecular complexity index is 708. The summed E-state index contributed by atoms with van der Waals surface area (Å²) in [5.41, 5.74) is 3.45. The van der Waals surface area contributed by atoms with Crippen LogP contribution in [0.1, 0.15) is 35.3 Å². The summed E-state index contributed by atoms with van der Waals surface area (Å²) in [5, 5.41) is 0. The van der Waals surface area contributed by atoms with Crippen LogP contribution in [0.4, 0.5) is 4.39 Å². The maximum Gasteiger partial charge on any atom is 0.123 e. The molecule has 2 aromatic carbocycles. The average Bonchev–Trinajstić information content (AvgIpc) is 3.06. The van der Waals surface area contributed by atoms with Gasteiger partial charge in [-0.25, -0.2) is 4.39 Å². The minimum atomic E-state index is -0.229. The lowest BCUT2D eigenvalue weighted by atomic mass is 9.84. The highest BCUT2D eigenvalue weighted by atomic mass is 19.1. The van der Waals surface area contributed by atoms with Gasteiger partial charge in [-0.15, -0.1) is 0 Å². The predicted octanol–water partition coefficient (Wildman–Crippen LogP) is 4.01. The summed E-state index contributed by atoms with van der Waals surface area (Å²) in [6.07, 6.45) is 1.25. The van der Waals surface area contributed by atoms with Crippen molar-refractivity contribution in [2.24, 2.45) is 5.92 Å². The van der Waals surface area contributed by atoms with E-state index in [4.69, 9.17) is 4.74 Å². The van der Waals surface area contributed by atoms with E-state index in [1.54, 1.807) is 12.1 Å². The van der Waals surface area contributed by atoms with Gasteiger partial charge in [0.05, 0.1) is 18.1 Å². The smallest absolute Gasteiger partial charge is 0.123 e. The molecule has 2 heteroatoms. The second-order valence-corrected chi connectivity index (χ2v) is 5.29. The summed E-state index contributed by atoms with van der Waals surface area (Å²) in [7, 11) is 0. The molecule has 2 heterocycles. The number of hydrogen-bond donors (Lipinski definition) is 0. The molecule has 0 aliphatic carbocycles. The van der Waals surface area contributed by atoms with Crippen molar-refractivity contribution in [1.29, 1.82) is 0 Å². The predicted molar refractivity (Wildman–Crippen MR) is 74.4 cm³/mol. The van der Waals surface area contributed by atoms with Gasteiger partial charge in [-0.1, -0.05) is 36.1 Å². The van der Waals surface area contributed by atoms with Crippen molar-refractivity contribution in [2.75, 3.05) is 0 Å². The molecule has 20 heavy (non-hydrogen) atoms. The van der Waals surface area contributed by atoms with Gasteiger partial charge < -0.3 is 4.74 Å². The minimum Gasteiger partial charge on any atom is -0.364 e. The zero-order chi connectivity index (χ0) is 13.5. The second kappa shape index (κ2) is 4.47. The van der Waals surface area contributed by atoms with Gasteiger partial charge in [0, 0.05) is 5.56 Å². The van der Waals surface area contributed by atoms with E-state index in [2.05, 4.69) is 30.0 Å². The molecule has 1 saturated heterocycles. The Labute approximate surface area is 117 Å². The van der Waals surface area contributed by atoms with Gasteiger partial charge in [0.1, 0.15) is 5.82 Å². The van der Waals surface area contributed by atoms with E-state index < -0.39 is 0 Å². The van der Waals surface area contributed by atoms with E-state index in [0.717, 1.165) is 12.0 Å². The molecule has 2 bridgehead atoms. The van der Waals surface area contributed by atoms with E-state index in [0.29, 0.717) is 0 Å². The fourth-order valence-electron chi connectivity index (χ4n) is 3.08. The first-order valence-electron chi connectivity index (χ1n) is 6.82. The van der Waals surface area contributed by atoms with Gasteiger partial charge >= 0.3 is 0 Å². The third-order valence-electron chi connectivity index (χ3n) is 4.04. The van der Waals surface area contributed by atoms with Crippen LogP contribution in [0.25, 0.3) is 0 Å². The van der Waals surface area contributed by atoms with Crippen LogP contribution in [-0.2, 0) is 4.74 Å². The van der Waals surface area contributed by atoms with Crippen LogP contribution in [0.2, 0.25) is 0 Å². The number of ether oxygens (including phenoxy) is 1. The molecule has 0 amide bonds. The van der Waals surface area contributed by atoms with Crippen LogP contribution in [0.3, 0.4) is 0 Å². The van der Waals surface area contributed by atoms with Crippen LogP contribution in [0, 0.1) is 23.6 Å². The van der Waals surface area contributed by atoms with Gasteiger partial charge in [0.25, 0.3) is 0 Å². The number of hydrogen-bond acceptors (Lipinski definition) is 1. The molecular weight excluding hydrogens is 251 g/mol. The molecule has 0 N–H and O–H groups in total. The van der Waals surface area contributed by atoms with Crippen molar-refractivity contribution in [2.45, 2.75) is 18.6 Å². The largest absolute Gasteiger partial charge is 0.364 e. The SMILES string of the molecule is Fc1ccc(C#CC2C[C@H]3O[C@@H]2c2ccccc23)cc1. The maximum absolute atomic E-state index is 12.8. The van der Waals surface area contributed by atoms with E-state index in [1.807, 2.05) is 6.07 Å². The summed E-state index contributed by atoms with van der Waals surface area (Å²) >= 11 is 0. The van der Waals surface area contributed by atoms with Gasteiger partial charge in [-0.2, -0.15) is 0 Å². The quantitative estimate of drug-likeness (QED) is 0.653. The van der Waals surface area contributed by atoms with Gasteiger partial charge in [-0.3, -0.25) is 0 Å². The Morgan fingerprint density at radius 2 is 1.75 bits per heavy atom. The standard InChI is InChI=1S/C18H13FO/c19-14-9-6-12(7-10-14)5-8-13-11-17-15-3-1-2-4-16(15)18(13)20-17/h1-4,6-7,9-10,13,17-18H,11H2/t13?,17-,18+/m1/s1. The Balaban J connectivity index is 1.60. The van der Waals surface area contributed by atoms with Crippen LogP contribution >= 0.6 is 0 Å². The lowest BCUT2D eigenvalue weighted by Gasteiger charge is -2.16. The van der Waals surface area contributed by atoms with Gasteiger partial charge in [0.15, 0.2) is 0 Å². The number of halogens is 1. The first-order valence-corrected chi connectivity index (χ1v) is 6.82. The topological polar surface area (TPSA) is 9.23 Å². The van der Waals surface area contributed by atoms with Crippen LogP contribution in [0.5, 0.6) is 0 Å². The molecule has 1 unspecified atom stereocenters. The summed E-state index contributed by atoms with van der Waals surface area (Å²) in [4.78, 5) is 0. The van der Waals surface area contributed by atoms with Crippen LogP contribution in [-0.4, -0.2) is 0 Å². The molecule has 4 rings (SSSR count). The molecule has 1 fully saturated rings. The lowest BCUT2D eigenvalue weighted by molar-refractivity contribution is 0.0657. The fraction of sp³-hybridized carbons (Fsp3) is 0.222. The molecule has 0 saturated carbocycles. The van der Waals surface area contributed by atoms with E-state index in [1.165, 1.54) is 23.3 Å². The molecule has 0 radical (unpaired) electrons. The lowest BCUT2D eigenvalue weighted by Crippen LogP contribution is -2.08. The molecule has 2 aromatic rings. The van der Waals surface area contributed by atoms with E-state index in [9.17, 15) is 4.39 Å². The maximum atomic E-state index is 12.8. The van der Waals surface area contributed by atoms with Gasteiger partial charge in [-0.05, 0) is 41.8 Å². The van der Waals surface area contributed by atoms with Crippen LogP contribution < -0.4 is 0 Å². The van der Waals surface area contributed by atoms with Crippen LogP contribution in [0.15, 0.2) is 48.5 Å². The van der Waals surface area contributed by atoms with Crippen molar-refractivity contribution >= 4 is 0 Å². The molecule has 2 aliphatic rings. The zero-order valence-corrected chi connectivity index (χ0v) is 10.8. The van der Waals surface area contributed by atoms with Crippen molar-refractivity contribution < 1.29 is 9.13 Å². The number of rotatable bonds is 0. The summed E-state index contributed by atoms with van der Waals surface area (Å²) < 4.78 is 18.8. The first-order chi connectivity index (χ1) is 9.81. The Hall–Kier alpha value is -2.11. The molecule has 1 nitrogen and oxygen atoms in total. The monoisotopic (exact) mass is 264 g/mol. The Morgan fingerprint density at radius 1 is 1.00 bits per heavy atom. The minimum absolute atomic E-state index is 0.101. The van der Waals surface area contributed by atoms with Gasteiger partial charge in [0.2, 0.25) is 0 Å². The molecule has 2 aliphatic heterocycles. The second-order valence-electron chi connectivity index (χ2n) is 5.29. The van der Waals surface area contributed by atoms with Crippen molar-refractivity contribution in [3.8, 4) is 11.8 Å². The highest BCUT2D eigenvalue weighted by Gasteiger charge is 2.44. The summed E-state index contributed by atoms with van der Waals surface area (Å²) in [6, 6.07) is 14.7. The normalized spacial score (nSPS) is 25.9. The molecular formula is C18H13FO. The third-order valence-corrected chi connectivity index (χ3v) is 4.04. The Morgan fingerprint density at radius 3 is 2.55 bits per heavy atom. The van der Waals surface area contributed by atoms with E-state index in [-0.39, 0.29) is 23.9 Å². The highest BCUT2D eigenvalue weighted by Crippen LogP contribution is 2.53. The van der Waals surface area contributed by atoms with Crippen molar-refractivity contribution in [3.63, 3.8) is 0 Å². The summed E-state index contributed by atoms with van der Waals surface area (Å²) in [5.74, 6) is 6.43. The molecule has 3 atom stereocenters. The molecule has 98 valence electrons. The molecule has 0 aromatic heterocycles. The number of fused-ring (bicyclic) bond motifs is 5. The highest BCUT2D eigenvalue weighted by molar-refractivity contribution is 5.41. The average molecular weight is 264 g/mol. The van der Waals surface area contributed by atoms with E-state index >= 15 is 0 Å². The fourth-order valence-corrected chi connectivity index (χ4v) is 3.08. The number of benzene rings is 2. The van der Waals surface area contributed by atoms with Crippen molar-refractivity contribution in [3.05, 3.63) is 71.0 Å². The Kier molecular flexibility index (Phi) is 2.61. The summed E-state index contributed by atoms with van der Waals surface area (Å²) in [6.45, 7) is 0. The molecule has 0 spiro atoms. The third kappa shape index (κ3) is 1.83. The zero-order valence-electron chi connectivity index (χ0n) is 10.8.